The average molecular weight is 430 g/mol. The van der Waals surface area contributed by atoms with E-state index in [4.69, 9.17) is 9.52 Å². The normalized spacial score (nSPS) is 13.1. The molecule has 1 saturated carbocycles. The Bertz CT molecular complexity index is 915. The summed E-state index contributed by atoms with van der Waals surface area (Å²) in [5, 5.41) is 15.1. The fourth-order valence-electron chi connectivity index (χ4n) is 2.45. The van der Waals surface area contributed by atoms with Gasteiger partial charge in [-0.25, -0.2) is 0 Å². The highest BCUT2D eigenvalue weighted by Gasteiger charge is 2.23. The lowest BCUT2D eigenvalue weighted by molar-refractivity contribution is -0.133. The molecule has 0 unspecified atom stereocenters. The van der Waals surface area contributed by atoms with Crippen LogP contribution < -0.4 is 10.6 Å². The third kappa shape index (κ3) is 6.81. The van der Waals surface area contributed by atoms with Gasteiger partial charge < -0.3 is 20.2 Å². The molecule has 7 nitrogen and oxygen atoms in total. The molecule has 1 aromatic heterocycles. The molecule has 3 rings (SSSR count). The first kappa shape index (κ1) is 23.3. The number of carbonyl (C=O) groups is 2. The topological polar surface area (TPSA) is 104 Å². The van der Waals surface area contributed by atoms with Gasteiger partial charge in [0.1, 0.15) is 5.76 Å². The molecule has 2 aromatic rings. The molecule has 0 bridgehead atoms. The van der Waals surface area contributed by atoms with E-state index in [0.29, 0.717) is 34.0 Å². The number of rotatable bonds is 8. The first-order chi connectivity index (χ1) is 14.5. The van der Waals surface area contributed by atoms with Crippen molar-refractivity contribution in [3.63, 3.8) is 0 Å². The zero-order valence-corrected chi connectivity index (χ0v) is 18.2. The number of hydrogen-bond donors (Lipinski definition) is 3. The van der Waals surface area contributed by atoms with Crippen LogP contribution in [0.5, 0.6) is 0 Å². The quantitative estimate of drug-likeness (QED) is 0.431. The fourth-order valence-corrected chi connectivity index (χ4v) is 2.91. The van der Waals surface area contributed by atoms with Crippen LogP contribution in [-0.2, 0) is 4.79 Å². The van der Waals surface area contributed by atoms with Crippen LogP contribution in [0.2, 0.25) is 0 Å². The van der Waals surface area contributed by atoms with Gasteiger partial charge in [-0.3, -0.25) is 14.6 Å². The first-order valence-electron chi connectivity index (χ1n) is 9.75. The molecule has 0 radical (unpaired) electrons. The molecule has 30 heavy (non-hydrogen) atoms. The first-order valence-corrected chi connectivity index (χ1v) is 10.7. The highest BCUT2D eigenvalue weighted by Crippen LogP contribution is 2.24. The fraction of sp³-hybridized carbons (Fsp3) is 0.318. The Hall–Kier alpha value is -3.00. The maximum absolute atomic E-state index is 12.1. The lowest BCUT2D eigenvalue weighted by Crippen LogP contribution is -2.25. The molecule has 1 amide bonds. The van der Waals surface area contributed by atoms with Crippen LogP contribution in [0.4, 0.5) is 0 Å². The van der Waals surface area contributed by atoms with Crippen LogP contribution in [0.1, 0.15) is 42.8 Å². The van der Waals surface area contributed by atoms with Gasteiger partial charge in [-0.2, -0.15) is 0 Å². The van der Waals surface area contributed by atoms with Gasteiger partial charge in [-0.15, -0.1) is 0 Å². The standard InChI is InChI=1S/C20H21N3O4S.C2H6/c1-12(28-11-18(24)25)22-19(21-2)17-10-9-16(27-17)13-3-5-14(6-4-13)20(26)23-15-7-8-15;1-2/h3-6,9-10,15H,1,7-8,11H2,2H3,(H,21,22)(H,23,26)(H,24,25);1-2H3. The Morgan fingerprint density at radius 3 is 2.43 bits per heavy atom. The number of nitrogens with one attached hydrogen (secondary N) is 2. The summed E-state index contributed by atoms with van der Waals surface area (Å²) in [4.78, 5) is 26.9. The number of aliphatic carboxylic acids is 1. The minimum atomic E-state index is -0.919. The minimum absolute atomic E-state index is 0.0591. The maximum Gasteiger partial charge on any atom is 0.313 e. The number of thioether (sulfide) groups is 1. The summed E-state index contributed by atoms with van der Waals surface area (Å²) in [6, 6.07) is 11.1. The highest BCUT2D eigenvalue weighted by molar-refractivity contribution is 8.03. The molecule has 3 N–H and O–H groups in total. The van der Waals surface area contributed by atoms with Crippen molar-refractivity contribution in [2.24, 2.45) is 4.99 Å². The van der Waals surface area contributed by atoms with Crippen molar-refractivity contribution in [1.29, 1.82) is 0 Å². The molecular weight excluding hydrogens is 402 g/mol. The third-order valence-corrected chi connectivity index (χ3v) is 4.88. The largest absolute Gasteiger partial charge is 0.481 e. The van der Waals surface area contributed by atoms with E-state index >= 15 is 0 Å². The van der Waals surface area contributed by atoms with Crippen molar-refractivity contribution < 1.29 is 19.1 Å². The van der Waals surface area contributed by atoms with Crippen molar-refractivity contribution in [2.45, 2.75) is 32.7 Å². The number of furan rings is 1. The molecule has 1 heterocycles. The number of hydrogen-bond acceptors (Lipinski definition) is 5. The van der Waals surface area contributed by atoms with E-state index < -0.39 is 5.97 Å². The van der Waals surface area contributed by atoms with E-state index in [0.717, 1.165) is 30.2 Å². The molecule has 160 valence electrons. The van der Waals surface area contributed by atoms with Crippen molar-refractivity contribution in [3.8, 4) is 11.3 Å². The molecule has 1 aromatic carbocycles. The van der Waals surface area contributed by atoms with Gasteiger partial charge >= 0.3 is 5.97 Å². The zero-order chi connectivity index (χ0) is 22.1. The van der Waals surface area contributed by atoms with Crippen LogP contribution in [0, 0.1) is 0 Å². The Balaban J connectivity index is 0.00000155. The number of nitrogens with zero attached hydrogens (tertiary/aromatic N) is 1. The van der Waals surface area contributed by atoms with E-state index in [-0.39, 0.29) is 11.7 Å². The second-order valence-electron chi connectivity index (χ2n) is 6.29. The summed E-state index contributed by atoms with van der Waals surface area (Å²) in [6.07, 6.45) is 2.10. The van der Waals surface area contributed by atoms with Gasteiger partial charge in [0.15, 0.2) is 11.6 Å². The van der Waals surface area contributed by atoms with E-state index in [1.165, 1.54) is 0 Å². The summed E-state index contributed by atoms with van der Waals surface area (Å²) in [6.45, 7) is 7.78. The highest BCUT2D eigenvalue weighted by atomic mass is 32.2. The summed E-state index contributed by atoms with van der Waals surface area (Å²) in [5.74, 6) is 0.525. The smallest absolute Gasteiger partial charge is 0.313 e. The Morgan fingerprint density at radius 2 is 1.87 bits per heavy atom. The monoisotopic (exact) mass is 429 g/mol. The van der Waals surface area contributed by atoms with Crippen LogP contribution in [0.3, 0.4) is 0 Å². The van der Waals surface area contributed by atoms with Gasteiger partial charge in [0.2, 0.25) is 0 Å². The van der Waals surface area contributed by atoms with Gasteiger partial charge in [0, 0.05) is 24.2 Å². The molecule has 1 aliphatic carbocycles. The van der Waals surface area contributed by atoms with Crippen LogP contribution in [-0.4, -0.2) is 41.7 Å². The summed E-state index contributed by atoms with van der Waals surface area (Å²) >= 11 is 1.07. The number of aliphatic imine (C=N–C) groups is 1. The molecule has 0 spiro atoms. The van der Waals surface area contributed by atoms with E-state index in [1.807, 2.05) is 32.0 Å². The van der Waals surface area contributed by atoms with Gasteiger partial charge in [-0.1, -0.05) is 44.3 Å². The molecule has 0 atom stereocenters. The number of carboxylic acid groups (broad SMARTS) is 1. The zero-order valence-electron chi connectivity index (χ0n) is 17.4. The lowest BCUT2D eigenvalue weighted by Gasteiger charge is -2.08. The van der Waals surface area contributed by atoms with Crippen LogP contribution >= 0.6 is 11.8 Å². The van der Waals surface area contributed by atoms with E-state index in [2.05, 4.69) is 22.2 Å². The molecule has 0 aliphatic heterocycles. The van der Waals surface area contributed by atoms with Gasteiger partial charge in [0.05, 0.1) is 10.8 Å². The lowest BCUT2D eigenvalue weighted by atomic mass is 10.1. The number of benzene rings is 1. The predicted molar refractivity (Wildman–Crippen MR) is 121 cm³/mol. The van der Waals surface area contributed by atoms with E-state index in [9.17, 15) is 9.59 Å². The molecular formula is C22H27N3O4S. The predicted octanol–water partition coefficient (Wildman–Crippen LogP) is 4.12. The Labute approximate surface area is 180 Å². The molecule has 8 heteroatoms. The van der Waals surface area contributed by atoms with E-state index in [1.54, 1.807) is 25.2 Å². The minimum Gasteiger partial charge on any atom is -0.481 e. The molecule has 1 aliphatic rings. The number of amidine groups is 1. The molecule has 0 saturated heterocycles. The second-order valence-corrected chi connectivity index (χ2v) is 7.36. The summed E-state index contributed by atoms with van der Waals surface area (Å²) in [7, 11) is 1.60. The van der Waals surface area contributed by atoms with Crippen molar-refractivity contribution >= 4 is 29.5 Å². The molecule has 1 fully saturated rings. The maximum atomic E-state index is 12.1. The van der Waals surface area contributed by atoms with Crippen molar-refractivity contribution in [3.05, 3.63) is 59.3 Å². The van der Waals surface area contributed by atoms with Crippen molar-refractivity contribution in [2.75, 3.05) is 12.8 Å². The third-order valence-electron chi connectivity index (χ3n) is 4.03. The Kier molecular flexibility index (Phi) is 8.73. The summed E-state index contributed by atoms with van der Waals surface area (Å²) in [5.41, 5.74) is 1.45. The number of amides is 1. The number of carboxylic acids is 1. The van der Waals surface area contributed by atoms with Crippen LogP contribution in [0.15, 0.2) is 57.4 Å². The number of carbonyl (C=O) groups excluding carboxylic acids is 1. The average Bonchev–Trinajstić information content (AvgIpc) is 3.44. The SMILES string of the molecule is C=C(NC(=NC)c1ccc(-c2ccc(C(=O)NC3CC3)cc2)o1)SCC(=O)O.CC. The van der Waals surface area contributed by atoms with Crippen LogP contribution in [0.25, 0.3) is 11.3 Å². The Morgan fingerprint density at radius 1 is 1.20 bits per heavy atom. The second kappa shape index (κ2) is 11.3. The van der Waals surface area contributed by atoms with Gasteiger partial charge in [0.25, 0.3) is 5.91 Å². The van der Waals surface area contributed by atoms with Crippen molar-refractivity contribution in [1.82, 2.24) is 10.6 Å². The van der Waals surface area contributed by atoms with Gasteiger partial charge in [-0.05, 0) is 37.1 Å². The summed E-state index contributed by atoms with van der Waals surface area (Å²) < 4.78 is 5.86.